The third-order valence-electron chi connectivity index (χ3n) is 27.7. The highest BCUT2D eigenvalue weighted by Crippen LogP contribution is 2.57. The fourth-order valence-electron chi connectivity index (χ4n) is 21.5. The Labute approximate surface area is 844 Å². The highest BCUT2D eigenvalue weighted by molar-refractivity contribution is 7.00. The number of rotatable bonds is 16. The Bertz CT molecular complexity index is 9060. The molecule has 6 heterocycles. The molecule has 145 heavy (non-hydrogen) atoms. The maximum Gasteiger partial charge on any atom is 0.133 e. The van der Waals surface area contributed by atoms with Gasteiger partial charge in [-0.25, -0.2) is 29.9 Å². The first kappa shape index (κ1) is 84.2. The van der Waals surface area contributed by atoms with Gasteiger partial charge in [0.05, 0.1) is 69.3 Å². The molecular weight excluding hydrogens is 1830 g/mol. The van der Waals surface area contributed by atoms with E-state index >= 15 is 0 Å². The van der Waals surface area contributed by atoms with Crippen molar-refractivity contribution in [3.8, 4) is 112 Å². The topological polar surface area (TPSA) is 168 Å². The molecule has 27 aromatic rings. The van der Waals surface area contributed by atoms with E-state index in [4.69, 9.17) is 56.1 Å². The summed E-state index contributed by atoms with van der Waals surface area (Å²) < 4.78 is 29.7. The minimum Gasteiger partial charge on any atom is -0.311 e. The summed E-state index contributed by atoms with van der Waals surface area (Å²) in [7, 11) is 0. The monoisotopic (exact) mass is 1910 g/mol. The summed E-state index contributed by atoms with van der Waals surface area (Å²) in [5, 5.41) is 7.15. The highest BCUT2D eigenvalue weighted by atomic mass is 32.1. The molecule has 0 atom stereocenters. The van der Waals surface area contributed by atoms with Crippen LogP contribution < -0.4 is 19.6 Å². The average molecular weight is 1910 g/mol. The van der Waals surface area contributed by atoms with Gasteiger partial charge >= 0.3 is 0 Å². The predicted octanol–water partition coefficient (Wildman–Crippen LogP) is 33.9. The third kappa shape index (κ3) is 14.1. The SMILES string of the molecule is c1ccc(-c2c3nsnc3c(-c3ccccc3)c3nc4c(nc23)-c2cccc3cccc-4c23)cc1.c1ccc(N(c2ccccc2)c2c3nsnc3c(N(c3ccccc3)c3ccccc3)c3nc4c(nc23)-c2cccc3cccc-4c23)cc1.c1ccc(N(c2ccccc2)c2ccc(-c3c4nsnc4c(-c4ccc(N(c5ccccc5)c5ccccc5)cc4)c4nc5c(nc34)-c3cccc4cccc-5c34)cc2)cc1. The van der Waals surface area contributed by atoms with E-state index in [-0.39, 0.29) is 0 Å². The zero-order valence-electron chi connectivity index (χ0n) is 77.3. The van der Waals surface area contributed by atoms with Crippen LogP contribution in [0.3, 0.4) is 0 Å². The van der Waals surface area contributed by atoms with E-state index in [9.17, 15) is 0 Å². The van der Waals surface area contributed by atoms with Crippen LogP contribution in [0.15, 0.2) is 461 Å². The number of para-hydroxylation sites is 8. The normalized spacial score (nSPS) is 11.7. The molecule has 0 spiro atoms. The Kier molecular flexibility index (Phi) is 20.4. The molecular formula is C126H76N16S3. The van der Waals surface area contributed by atoms with Crippen LogP contribution in [0.25, 0.3) is 211 Å². The van der Waals surface area contributed by atoms with Crippen molar-refractivity contribution in [2.24, 2.45) is 0 Å². The summed E-state index contributed by atoms with van der Waals surface area (Å²) in [6.45, 7) is 0. The Morgan fingerprint density at radius 3 is 0.538 bits per heavy atom. The van der Waals surface area contributed by atoms with Crippen molar-refractivity contribution >= 4 is 202 Å². The summed E-state index contributed by atoms with van der Waals surface area (Å²) in [4.78, 5) is 42.3. The van der Waals surface area contributed by atoms with Crippen LogP contribution in [0.4, 0.5) is 68.2 Å². The molecule has 3 aliphatic carbocycles. The van der Waals surface area contributed by atoms with Crippen LogP contribution in [0.5, 0.6) is 0 Å². The zero-order chi connectivity index (χ0) is 95.5. The van der Waals surface area contributed by atoms with Crippen LogP contribution in [0.2, 0.25) is 0 Å². The summed E-state index contributed by atoms with van der Waals surface area (Å²) >= 11 is 3.68. The fraction of sp³-hybridized carbons (Fsp3) is 0. The van der Waals surface area contributed by atoms with E-state index in [1.165, 1.54) is 67.5 Å². The number of nitrogens with zero attached hydrogens (tertiary/aromatic N) is 16. The Balaban J connectivity index is 0.000000109. The lowest BCUT2D eigenvalue weighted by Gasteiger charge is -2.30. The van der Waals surface area contributed by atoms with Crippen molar-refractivity contribution in [2.45, 2.75) is 0 Å². The molecule has 19 heteroatoms. The highest BCUT2D eigenvalue weighted by Gasteiger charge is 2.37. The van der Waals surface area contributed by atoms with E-state index in [2.05, 4.69) is 420 Å². The number of hydrogen-bond donors (Lipinski definition) is 0. The second kappa shape index (κ2) is 35.1. The summed E-state index contributed by atoms with van der Waals surface area (Å²) in [5.41, 5.74) is 41.8. The summed E-state index contributed by atoms with van der Waals surface area (Å²) in [6, 6.07) is 160. The minimum absolute atomic E-state index is 0.753. The van der Waals surface area contributed by atoms with E-state index in [1.807, 2.05) is 60.7 Å². The first-order valence-corrected chi connectivity index (χ1v) is 50.2. The van der Waals surface area contributed by atoms with Gasteiger partial charge in [0.25, 0.3) is 0 Å². The van der Waals surface area contributed by atoms with E-state index in [1.54, 1.807) is 0 Å². The first-order valence-electron chi connectivity index (χ1n) is 48.0. The molecule has 0 unspecified atom stereocenters. The lowest BCUT2D eigenvalue weighted by molar-refractivity contribution is 1.24. The molecule has 21 aromatic carbocycles. The van der Waals surface area contributed by atoms with E-state index in [0.717, 1.165) is 247 Å². The van der Waals surface area contributed by atoms with E-state index < -0.39 is 0 Å². The minimum atomic E-state index is 0.753. The smallest absolute Gasteiger partial charge is 0.133 e. The van der Waals surface area contributed by atoms with Gasteiger partial charge in [-0.15, -0.1) is 0 Å². The molecule has 0 aliphatic heterocycles. The van der Waals surface area contributed by atoms with Crippen molar-refractivity contribution in [2.75, 3.05) is 19.6 Å². The largest absolute Gasteiger partial charge is 0.311 e. The van der Waals surface area contributed by atoms with E-state index in [0.29, 0.717) is 0 Å². The van der Waals surface area contributed by atoms with Crippen molar-refractivity contribution in [1.82, 2.24) is 56.1 Å². The second-order valence-electron chi connectivity index (χ2n) is 35.9. The summed E-state index contributed by atoms with van der Waals surface area (Å²) in [5.74, 6) is 0. The van der Waals surface area contributed by atoms with Crippen molar-refractivity contribution in [3.05, 3.63) is 461 Å². The van der Waals surface area contributed by atoms with Crippen LogP contribution in [-0.2, 0) is 0 Å². The Hall–Kier alpha value is -18.9. The molecule has 0 N–H and O–H groups in total. The van der Waals surface area contributed by atoms with Crippen LogP contribution in [0, 0.1) is 0 Å². The number of hydrogen-bond acceptors (Lipinski definition) is 19. The first-order chi connectivity index (χ1) is 72.0. The third-order valence-corrected chi connectivity index (χ3v) is 29.3. The fourth-order valence-corrected chi connectivity index (χ4v) is 23.1. The molecule has 16 nitrogen and oxygen atoms in total. The molecule has 0 saturated carbocycles. The Morgan fingerprint density at radius 1 is 0.138 bits per heavy atom. The number of benzene rings is 21. The number of aromatic nitrogens is 12. The molecule has 678 valence electrons. The van der Waals surface area contributed by atoms with Crippen LogP contribution in [0.1, 0.15) is 0 Å². The molecule has 30 rings (SSSR count). The lowest BCUT2D eigenvalue weighted by Crippen LogP contribution is -2.15. The van der Waals surface area contributed by atoms with Crippen LogP contribution >= 0.6 is 35.2 Å². The van der Waals surface area contributed by atoms with Crippen molar-refractivity contribution in [1.29, 1.82) is 0 Å². The van der Waals surface area contributed by atoms with Gasteiger partial charge in [0.15, 0.2) is 0 Å². The molecule has 6 aromatic heterocycles. The standard InChI is InChI=1S/C54H34N6S.C42H26N6S.C30H16N4S/c1-5-17-38(18-6-1)59(39-19-7-2-8-20-39)42-31-27-36(28-32-42)47-51-52(56-50-45-26-14-16-35-15-13-25-44(46(35)45)49(50)55-51)48(54-53(47)57-61-58-54)37-29-33-43(34-30-37)60(40-21-9-3-10-22-40)41-23-11-4-12-24-41;1-5-17-28(18-6-1)47(29-19-7-2-8-20-29)41-37-38(44-36-33-26-14-16-27-15-13-25-32(34(27)33)35(36)43-37)42(40-39(41)45-49-46-40)48(30-21-9-3-10-22-30)31-23-11-4-12-24-31;1-3-9-18(10-4-1)23-27-28(24(19-11-5-2-6-12-19)30-29(23)33-35-34-30)32-26-21-16-8-14-17-13-7-15-20(22(17)21)25(26)31-27/h1-34H;1-26H;1-16H. The lowest BCUT2D eigenvalue weighted by atomic mass is 9.94. The number of fused-ring (bicyclic) bond motifs is 15. The van der Waals surface area contributed by atoms with Gasteiger partial charge in [-0.1, -0.05) is 340 Å². The van der Waals surface area contributed by atoms with Gasteiger partial charge in [0.1, 0.15) is 77.6 Å². The second-order valence-corrected chi connectivity index (χ2v) is 37.5. The maximum atomic E-state index is 5.63. The molecule has 0 fully saturated rings. The van der Waals surface area contributed by atoms with Gasteiger partial charge in [-0.05, 0) is 160 Å². The molecule has 0 amide bonds. The van der Waals surface area contributed by atoms with Gasteiger partial charge in [-0.2, -0.15) is 26.2 Å². The van der Waals surface area contributed by atoms with Crippen molar-refractivity contribution in [3.63, 3.8) is 0 Å². The molecule has 0 radical (unpaired) electrons. The zero-order valence-corrected chi connectivity index (χ0v) is 79.7. The van der Waals surface area contributed by atoms with Gasteiger partial charge in [0.2, 0.25) is 0 Å². The maximum absolute atomic E-state index is 5.63. The Morgan fingerprint density at radius 2 is 0.317 bits per heavy atom. The molecule has 3 aliphatic rings. The number of anilines is 12. The van der Waals surface area contributed by atoms with Crippen molar-refractivity contribution < 1.29 is 0 Å². The average Bonchev–Trinajstić information content (AvgIpc) is 1.59. The van der Waals surface area contributed by atoms with Gasteiger partial charge in [0, 0.05) is 129 Å². The molecule has 0 saturated heterocycles. The van der Waals surface area contributed by atoms with Crippen LogP contribution in [-0.4, -0.2) is 56.1 Å². The molecule has 0 bridgehead atoms. The van der Waals surface area contributed by atoms with Gasteiger partial charge < -0.3 is 19.6 Å². The quantitative estimate of drug-likeness (QED) is 0.0837. The van der Waals surface area contributed by atoms with Gasteiger partial charge in [-0.3, -0.25) is 0 Å². The predicted molar refractivity (Wildman–Crippen MR) is 598 cm³/mol. The summed E-state index contributed by atoms with van der Waals surface area (Å²) in [6.07, 6.45) is 0.